The van der Waals surface area contributed by atoms with Gasteiger partial charge in [0.15, 0.2) is 5.11 Å². The van der Waals surface area contributed by atoms with Gasteiger partial charge in [-0.15, -0.1) is 11.3 Å². The number of para-hydroxylation sites is 2. The normalized spacial score (nSPS) is 17.3. The number of thiophene rings is 1. The minimum Gasteiger partial charge on any atom is -0.495 e. The molecule has 0 aliphatic carbocycles. The van der Waals surface area contributed by atoms with Gasteiger partial charge in [-0.3, -0.25) is 4.90 Å². The van der Waals surface area contributed by atoms with Crippen molar-refractivity contribution in [3.63, 3.8) is 0 Å². The van der Waals surface area contributed by atoms with Crippen molar-refractivity contribution >= 4 is 34.4 Å². The molecule has 2 aromatic rings. The lowest BCUT2D eigenvalue weighted by Gasteiger charge is -2.38. The summed E-state index contributed by atoms with van der Waals surface area (Å²) >= 11 is 7.34. The Balaban J connectivity index is 1.68. The first-order chi connectivity index (χ1) is 12.7. The molecule has 7 heteroatoms. The third-order valence-electron chi connectivity index (χ3n) is 4.46. The molecule has 1 aliphatic rings. The molecular weight excluding hydrogens is 366 g/mol. The minimum absolute atomic E-state index is 0.154. The van der Waals surface area contributed by atoms with Crippen LogP contribution in [0.1, 0.15) is 17.8 Å². The Hall–Kier alpha value is -1.67. The molecule has 3 rings (SSSR count). The highest BCUT2D eigenvalue weighted by Gasteiger charge is 2.29. The van der Waals surface area contributed by atoms with Crippen LogP contribution in [0.5, 0.6) is 5.75 Å². The van der Waals surface area contributed by atoms with Crippen LogP contribution in [0.3, 0.4) is 0 Å². The number of ether oxygens (including phenoxy) is 2. The fraction of sp³-hybridized carbons (Fsp3) is 0.421. The second kappa shape index (κ2) is 9.32. The first kappa shape index (κ1) is 19.1. The Kier molecular flexibility index (Phi) is 6.85. The van der Waals surface area contributed by atoms with E-state index < -0.39 is 0 Å². The number of nitrogens with zero attached hydrogens (tertiary/aromatic N) is 1. The lowest BCUT2D eigenvalue weighted by Crippen LogP contribution is -2.49. The highest BCUT2D eigenvalue weighted by atomic mass is 32.1. The van der Waals surface area contributed by atoms with E-state index in [-0.39, 0.29) is 12.1 Å². The zero-order valence-corrected chi connectivity index (χ0v) is 16.7. The molecule has 0 bridgehead atoms. The largest absolute Gasteiger partial charge is 0.495 e. The van der Waals surface area contributed by atoms with Crippen LogP contribution in [0, 0.1) is 0 Å². The summed E-state index contributed by atoms with van der Waals surface area (Å²) in [6.45, 7) is 5.59. The number of morpholine rings is 1. The summed E-state index contributed by atoms with van der Waals surface area (Å²) in [5.41, 5.74) is 0.860. The zero-order chi connectivity index (χ0) is 18.4. The number of thiocarbonyl (C=S) groups is 1. The number of benzene rings is 1. The topological polar surface area (TPSA) is 45.8 Å². The summed E-state index contributed by atoms with van der Waals surface area (Å²) in [7, 11) is 1.66. The molecule has 140 valence electrons. The molecule has 2 heterocycles. The van der Waals surface area contributed by atoms with Crippen molar-refractivity contribution in [3.8, 4) is 5.75 Å². The Morgan fingerprint density at radius 3 is 2.69 bits per heavy atom. The fourth-order valence-electron chi connectivity index (χ4n) is 3.25. The van der Waals surface area contributed by atoms with Crippen LogP contribution in [0.25, 0.3) is 0 Å². The maximum Gasteiger partial charge on any atom is 0.171 e. The second-order valence-corrected chi connectivity index (χ2v) is 7.58. The Labute approximate surface area is 164 Å². The fourth-order valence-corrected chi connectivity index (χ4v) is 4.51. The van der Waals surface area contributed by atoms with E-state index in [1.165, 1.54) is 4.88 Å². The summed E-state index contributed by atoms with van der Waals surface area (Å²) in [5, 5.41) is 9.43. The van der Waals surface area contributed by atoms with Gasteiger partial charge in [0.1, 0.15) is 5.75 Å². The first-order valence-corrected chi connectivity index (χ1v) is 10.0. The van der Waals surface area contributed by atoms with E-state index in [0.29, 0.717) is 5.11 Å². The van der Waals surface area contributed by atoms with Gasteiger partial charge in [-0.25, -0.2) is 0 Å². The maximum absolute atomic E-state index is 5.55. The third kappa shape index (κ3) is 4.73. The van der Waals surface area contributed by atoms with Crippen molar-refractivity contribution in [2.24, 2.45) is 0 Å². The zero-order valence-electron chi connectivity index (χ0n) is 15.1. The van der Waals surface area contributed by atoms with Gasteiger partial charge >= 0.3 is 0 Å². The van der Waals surface area contributed by atoms with Crippen LogP contribution in [0.4, 0.5) is 5.69 Å². The summed E-state index contributed by atoms with van der Waals surface area (Å²) in [5.74, 6) is 0.771. The quantitative estimate of drug-likeness (QED) is 0.735. The Bertz CT molecular complexity index is 703. The van der Waals surface area contributed by atoms with E-state index >= 15 is 0 Å². The van der Waals surface area contributed by atoms with Crippen LogP contribution < -0.4 is 15.4 Å². The highest BCUT2D eigenvalue weighted by Crippen LogP contribution is 2.29. The van der Waals surface area contributed by atoms with E-state index in [9.17, 15) is 0 Å². The number of methoxy groups -OCH3 is 1. The van der Waals surface area contributed by atoms with Gasteiger partial charge in [-0.2, -0.15) is 0 Å². The van der Waals surface area contributed by atoms with Gasteiger partial charge in [0.25, 0.3) is 0 Å². The molecule has 2 N–H and O–H groups in total. The Morgan fingerprint density at radius 2 is 2.00 bits per heavy atom. The number of hydrogen-bond donors (Lipinski definition) is 2. The van der Waals surface area contributed by atoms with Crippen LogP contribution in [0.15, 0.2) is 41.8 Å². The minimum atomic E-state index is 0.154. The summed E-state index contributed by atoms with van der Waals surface area (Å²) in [4.78, 5) is 3.81. The van der Waals surface area contributed by atoms with Crippen molar-refractivity contribution in [1.82, 2.24) is 10.2 Å². The molecule has 1 aromatic carbocycles. The molecular formula is C19H25N3O2S2. The van der Waals surface area contributed by atoms with Crippen molar-refractivity contribution in [1.29, 1.82) is 0 Å². The second-order valence-electron chi connectivity index (χ2n) is 6.20. The van der Waals surface area contributed by atoms with Crippen molar-refractivity contribution in [2.45, 2.75) is 19.0 Å². The number of hydrogen-bond acceptors (Lipinski definition) is 5. The van der Waals surface area contributed by atoms with E-state index in [4.69, 9.17) is 21.7 Å². The Morgan fingerprint density at radius 1 is 1.23 bits per heavy atom. The lowest BCUT2D eigenvalue weighted by molar-refractivity contribution is 0.0110. The van der Waals surface area contributed by atoms with Crippen LogP contribution in [-0.4, -0.2) is 49.5 Å². The summed E-state index contributed by atoms with van der Waals surface area (Å²) in [6.07, 6.45) is 0. The van der Waals surface area contributed by atoms with E-state index in [1.54, 1.807) is 18.4 Å². The average molecular weight is 392 g/mol. The van der Waals surface area contributed by atoms with E-state index in [2.05, 4.69) is 40.0 Å². The highest BCUT2D eigenvalue weighted by molar-refractivity contribution is 7.80. The van der Waals surface area contributed by atoms with E-state index in [0.717, 1.165) is 37.7 Å². The molecule has 2 atom stereocenters. The monoisotopic (exact) mass is 391 g/mol. The van der Waals surface area contributed by atoms with Gasteiger partial charge in [-0.1, -0.05) is 18.2 Å². The number of anilines is 1. The predicted molar refractivity (Wildman–Crippen MR) is 111 cm³/mol. The average Bonchev–Trinajstić information content (AvgIpc) is 3.17. The standard InChI is InChI=1S/C19H25N3O2S2/c1-14(20-19(25)21-15-6-3-4-7-16(15)23-2)18(17-8-5-13-26-17)22-9-11-24-12-10-22/h3-8,13-14,18H,9-12H2,1-2H3,(H2,20,21,25)/t14-,18+/m1/s1. The maximum atomic E-state index is 5.55. The molecule has 5 nitrogen and oxygen atoms in total. The summed E-state index contributed by atoms with van der Waals surface area (Å²) < 4.78 is 10.9. The molecule has 1 saturated heterocycles. The van der Waals surface area contributed by atoms with Gasteiger partial charge in [0, 0.05) is 24.0 Å². The summed E-state index contributed by atoms with van der Waals surface area (Å²) in [6, 6.07) is 12.5. The van der Waals surface area contributed by atoms with Crippen molar-refractivity contribution in [3.05, 3.63) is 46.7 Å². The molecule has 0 saturated carbocycles. The van der Waals surface area contributed by atoms with Gasteiger partial charge < -0.3 is 20.1 Å². The molecule has 1 aliphatic heterocycles. The van der Waals surface area contributed by atoms with Gasteiger partial charge in [-0.05, 0) is 42.7 Å². The lowest BCUT2D eigenvalue weighted by atomic mass is 10.1. The molecule has 1 aromatic heterocycles. The molecule has 0 unspecified atom stereocenters. The third-order valence-corrected chi connectivity index (χ3v) is 5.62. The molecule has 0 spiro atoms. The van der Waals surface area contributed by atoms with Crippen molar-refractivity contribution in [2.75, 3.05) is 38.7 Å². The molecule has 0 radical (unpaired) electrons. The van der Waals surface area contributed by atoms with Crippen LogP contribution in [-0.2, 0) is 4.74 Å². The number of rotatable bonds is 6. The SMILES string of the molecule is COc1ccccc1NC(=S)N[C@H](C)[C@@H](c1cccs1)N1CCOCC1. The smallest absolute Gasteiger partial charge is 0.171 e. The van der Waals surface area contributed by atoms with Gasteiger partial charge in [0.2, 0.25) is 0 Å². The number of nitrogens with one attached hydrogen (secondary N) is 2. The van der Waals surface area contributed by atoms with Crippen LogP contribution in [0.2, 0.25) is 0 Å². The molecule has 26 heavy (non-hydrogen) atoms. The van der Waals surface area contributed by atoms with Gasteiger partial charge in [0.05, 0.1) is 32.1 Å². The first-order valence-electron chi connectivity index (χ1n) is 8.75. The molecule has 0 amide bonds. The predicted octanol–water partition coefficient (Wildman–Crippen LogP) is 3.51. The van der Waals surface area contributed by atoms with Crippen LogP contribution >= 0.6 is 23.6 Å². The van der Waals surface area contributed by atoms with E-state index in [1.807, 2.05) is 24.3 Å². The molecule has 1 fully saturated rings. The van der Waals surface area contributed by atoms with Crippen molar-refractivity contribution < 1.29 is 9.47 Å².